The highest BCUT2D eigenvalue weighted by atomic mass is 32.2. The predicted octanol–water partition coefficient (Wildman–Crippen LogP) is 2.33. The molecule has 1 aromatic heterocycles. The van der Waals surface area contributed by atoms with E-state index < -0.39 is 0 Å². The van der Waals surface area contributed by atoms with Crippen molar-refractivity contribution in [3.63, 3.8) is 0 Å². The molecule has 6 nitrogen and oxygen atoms in total. The van der Waals surface area contributed by atoms with Crippen LogP contribution in [0.3, 0.4) is 0 Å². The summed E-state index contributed by atoms with van der Waals surface area (Å²) in [6.07, 6.45) is 5.50. The second kappa shape index (κ2) is 5.17. The van der Waals surface area contributed by atoms with Crippen molar-refractivity contribution in [1.29, 1.82) is 0 Å². The summed E-state index contributed by atoms with van der Waals surface area (Å²) < 4.78 is 1.57. The van der Waals surface area contributed by atoms with Crippen LogP contribution in [0.4, 0.5) is 11.5 Å². The van der Waals surface area contributed by atoms with Crippen molar-refractivity contribution in [2.75, 3.05) is 11.6 Å². The molecule has 2 unspecified atom stereocenters. The molecule has 1 fully saturated rings. The fourth-order valence-electron chi connectivity index (χ4n) is 2.58. The van der Waals surface area contributed by atoms with Crippen LogP contribution in [-0.2, 0) is 7.05 Å². The van der Waals surface area contributed by atoms with Crippen LogP contribution in [-0.4, -0.2) is 32.3 Å². The summed E-state index contributed by atoms with van der Waals surface area (Å²) in [6, 6.07) is 0.300. The maximum Gasteiger partial charge on any atom is 0.333 e. The van der Waals surface area contributed by atoms with Crippen molar-refractivity contribution in [3.05, 3.63) is 15.8 Å². The lowest BCUT2D eigenvalue weighted by molar-refractivity contribution is -0.384. The van der Waals surface area contributed by atoms with Gasteiger partial charge in [0.05, 0.1) is 4.92 Å². The minimum absolute atomic E-state index is 0.101. The van der Waals surface area contributed by atoms with E-state index in [-0.39, 0.29) is 10.6 Å². The molecule has 0 amide bonds. The Bertz CT molecular complexity index is 460. The summed E-state index contributed by atoms with van der Waals surface area (Å²) in [5, 5.41) is 19.1. The van der Waals surface area contributed by atoms with Crippen LogP contribution in [0.1, 0.15) is 25.0 Å². The molecule has 1 aliphatic carbocycles. The first-order valence-electron chi connectivity index (χ1n) is 6.02. The molecule has 7 heteroatoms. The second-order valence-electron chi connectivity index (χ2n) is 4.62. The molecule has 2 atom stereocenters. The van der Waals surface area contributed by atoms with Gasteiger partial charge in [-0.1, -0.05) is 6.42 Å². The maximum absolute atomic E-state index is 11.1. The van der Waals surface area contributed by atoms with Crippen molar-refractivity contribution in [2.45, 2.75) is 37.5 Å². The van der Waals surface area contributed by atoms with E-state index in [2.05, 4.69) is 16.7 Å². The van der Waals surface area contributed by atoms with Crippen molar-refractivity contribution in [1.82, 2.24) is 9.78 Å². The number of nitro groups is 1. The van der Waals surface area contributed by atoms with Gasteiger partial charge >= 0.3 is 5.69 Å². The van der Waals surface area contributed by atoms with E-state index in [0.717, 1.165) is 6.42 Å². The number of aryl methyl sites for hydroxylation is 2. The SMILES string of the molecule is CSC1CCCC1Nc1c([N+](=O)[O-])c(C)nn1C. The van der Waals surface area contributed by atoms with Crippen molar-refractivity contribution >= 4 is 23.3 Å². The zero-order chi connectivity index (χ0) is 13.3. The summed E-state index contributed by atoms with van der Waals surface area (Å²) >= 11 is 1.82. The second-order valence-corrected chi connectivity index (χ2v) is 5.70. The highest BCUT2D eigenvalue weighted by molar-refractivity contribution is 7.99. The molecule has 0 bridgehead atoms. The Kier molecular flexibility index (Phi) is 3.79. The molecular formula is C11H18N4O2S. The van der Waals surface area contributed by atoms with Crippen LogP contribution < -0.4 is 5.32 Å². The molecule has 100 valence electrons. The number of rotatable bonds is 4. The standard InChI is InChI=1S/C11H18N4O2S/c1-7-10(15(16)17)11(14(2)13-7)12-8-5-4-6-9(8)18-3/h8-9,12H,4-6H2,1-3H3. The lowest BCUT2D eigenvalue weighted by Crippen LogP contribution is -2.27. The molecule has 0 aliphatic heterocycles. The number of aromatic nitrogens is 2. The van der Waals surface area contributed by atoms with Gasteiger partial charge < -0.3 is 5.32 Å². The fraction of sp³-hybridized carbons (Fsp3) is 0.727. The van der Waals surface area contributed by atoms with Crippen LogP contribution in [0, 0.1) is 17.0 Å². The third kappa shape index (κ3) is 2.31. The molecule has 0 saturated heterocycles. The van der Waals surface area contributed by atoms with Crippen LogP contribution in [0.15, 0.2) is 0 Å². The largest absolute Gasteiger partial charge is 0.361 e. The van der Waals surface area contributed by atoms with Crippen LogP contribution in [0.2, 0.25) is 0 Å². The average molecular weight is 270 g/mol. The molecule has 0 radical (unpaired) electrons. The number of hydrogen-bond acceptors (Lipinski definition) is 5. The normalized spacial score (nSPS) is 23.3. The van der Waals surface area contributed by atoms with E-state index in [1.54, 1.807) is 18.7 Å². The molecule has 1 aliphatic rings. The number of nitrogens with zero attached hydrogens (tertiary/aromatic N) is 3. The maximum atomic E-state index is 11.1. The Balaban J connectivity index is 2.26. The van der Waals surface area contributed by atoms with Gasteiger partial charge in [-0.05, 0) is 26.0 Å². The molecule has 1 heterocycles. The van der Waals surface area contributed by atoms with E-state index in [4.69, 9.17) is 0 Å². The molecular weight excluding hydrogens is 252 g/mol. The zero-order valence-electron chi connectivity index (χ0n) is 10.8. The smallest absolute Gasteiger partial charge is 0.333 e. The van der Waals surface area contributed by atoms with Gasteiger partial charge in [-0.2, -0.15) is 16.9 Å². The van der Waals surface area contributed by atoms with E-state index >= 15 is 0 Å². The third-order valence-electron chi connectivity index (χ3n) is 3.45. The molecule has 0 aromatic carbocycles. The molecule has 1 saturated carbocycles. The van der Waals surface area contributed by atoms with Crippen molar-refractivity contribution in [3.8, 4) is 0 Å². The Morgan fingerprint density at radius 3 is 2.89 bits per heavy atom. The van der Waals surface area contributed by atoms with Gasteiger partial charge in [-0.3, -0.25) is 10.1 Å². The summed E-state index contributed by atoms with van der Waals surface area (Å²) in [6.45, 7) is 1.67. The molecule has 18 heavy (non-hydrogen) atoms. The Morgan fingerprint density at radius 1 is 1.56 bits per heavy atom. The Labute approximate surface area is 110 Å². The van der Waals surface area contributed by atoms with Gasteiger partial charge in [0.2, 0.25) is 5.82 Å². The topological polar surface area (TPSA) is 73.0 Å². The van der Waals surface area contributed by atoms with E-state index in [1.165, 1.54) is 12.8 Å². The lowest BCUT2D eigenvalue weighted by atomic mass is 10.2. The van der Waals surface area contributed by atoms with Crippen LogP contribution in [0.5, 0.6) is 0 Å². The van der Waals surface area contributed by atoms with E-state index in [9.17, 15) is 10.1 Å². The van der Waals surface area contributed by atoms with Gasteiger partial charge in [0, 0.05) is 18.3 Å². The molecule has 1 N–H and O–H groups in total. The minimum Gasteiger partial charge on any atom is -0.361 e. The predicted molar refractivity (Wildman–Crippen MR) is 73.2 cm³/mol. The number of hydrogen-bond donors (Lipinski definition) is 1. The highest BCUT2D eigenvalue weighted by Crippen LogP contribution is 2.34. The average Bonchev–Trinajstić information content (AvgIpc) is 2.84. The van der Waals surface area contributed by atoms with Crippen molar-refractivity contribution < 1.29 is 4.92 Å². The number of thioether (sulfide) groups is 1. The third-order valence-corrected chi connectivity index (χ3v) is 4.62. The molecule has 1 aromatic rings. The van der Waals surface area contributed by atoms with Gasteiger partial charge in [0.15, 0.2) is 0 Å². The van der Waals surface area contributed by atoms with Gasteiger partial charge in [0.1, 0.15) is 5.69 Å². The molecule has 2 rings (SSSR count). The summed E-state index contributed by atoms with van der Waals surface area (Å²) in [4.78, 5) is 10.7. The highest BCUT2D eigenvalue weighted by Gasteiger charge is 2.31. The summed E-state index contributed by atoms with van der Waals surface area (Å²) in [5.74, 6) is 0.531. The van der Waals surface area contributed by atoms with Crippen molar-refractivity contribution in [2.24, 2.45) is 7.05 Å². The Morgan fingerprint density at radius 2 is 2.28 bits per heavy atom. The summed E-state index contributed by atoms with van der Waals surface area (Å²) in [7, 11) is 1.74. The van der Waals surface area contributed by atoms with E-state index in [1.807, 2.05) is 11.8 Å². The fourth-order valence-corrected chi connectivity index (χ4v) is 3.51. The van der Waals surface area contributed by atoms with Crippen LogP contribution >= 0.6 is 11.8 Å². The monoisotopic (exact) mass is 270 g/mol. The minimum atomic E-state index is -0.353. The number of anilines is 1. The van der Waals surface area contributed by atoms with Crippen LogP contribution in [0.25, 0.3) is 0 Å². The number of nitrogens with one attached hydrogen (secondary N) is 1. The first-order valence-corrected chi connectivity index (χ1v) is 7.30. The van der Waals surface area contributed by atoms with E-state index in [0.29, 0.717) is 22.8 Å². The zero-order valence-corrected chi connectivity index (χ0v) is 11.7. The molecule has 0 spiro atoms. The first kappa shape index (κ1) is 13.2. The first-order chi connectivity index (χ1) is 8.54. The van der Waals surface area contributed by atoms with Gasteiger partial charge in [0.25, 0.3) is 0 Å². The lowest BCUT2D eigenvalue weighted by Gasteiger charge is -2.19. The Hall–Kier alpha value is -1.24. The summed E-state index contributed by atoms with van der Waals surface area (Å²) in [5.41, 5.74) is 0.563. The van der Waals surface area contributed by atoms with Gasteiger partial charge in [-0.25, -0.2) is 4.68 Å². The quantitative estimate of drug-likeness (QED) is 0.671. The van der Waals surface area contributed by atoms with Gasteiger partial charge in [-0.15, -0.1) is 0 Å².